The molecule has 0 spiro atoms. The second kappa shape index (κ2) is 14.9. The Bertz CT molecular complexity index is 2780. The van der Waals surface area contributed by atoms with Crippen LogP contribution in [0.25, 0.3) is 72.7 Å². The zero-order chi connectivity index (χ0) is 40.9. The van der Waals surface area contributed by atoms with Crippen LogP contribution in [0.5, 0.6) is 5.75 Å². The molecular weight excluding hydrogens is 707 g/mol. The number of aryl methyl sites for hydroxylation is 1. The van der Waals surface area contributed by atoms with Gasteiger partial charge >= 0.3 is 0 Å². The van der Waals surface area contributed by atoms with Gasteiger partial charge in [-0.3, -0.25) is 9.55 Å². The number of imidazole rings is 1. The highest BCUT2D eigenvalue weighted by Crippen LogP contribution is 2.45. The third-order valence-corrected chi connectivity index (χ3v) is 11.3. The Morgan fingerprint density at radius 3 is 1.88 bits per heavy atom. The van der Waals surface area contributed by atoms with E-state index in [4.69, 9.17) is 9.97 Å². The lowest BCUT2D eigenvalue weighted by Crippen LogP contribution is -2.12. The van der Waals surface area contributed by atoms with E-state index in [1.165, 1.54) is 11.1 Å². The highest BCUT2D eigenvalue weighted by Gasteiger charge is 2.27. The maximum absolute atomic E-state index is 12.2. The molecule has 0 aliphatic heterocycles. The number of benzene rings is 6. The lowest BCUT2D eigenvalue weighted by atomic mass is 9.83. The van der Waals surface area contributed by atoms with Crippen molar-refractivity contribution >= 4 is 11.0 Å². The van der Waals surface area contributed by atoms with Crippen LogP contribution in [-0.2, 0) is 10.8 Å². The van der Waals surface area contributed by atoms with Crippen molar-refractivity contribution in [1.82, 2.24) is 14.5 Å². The fraction of sp³-hybridized carbons (Fsp3) is 0.222. The summed E-state index contributed by atoms with van der Waals surface area (Å²) in [7, 11) is 0. The molecule has 6 aromatic carbocycles. The molecule has 290 valence electrons. The molecule has 2 heterocycles. The van der Waals surface area contributed by atoms with Gasteiger partial charge in [0, 0.05) is 22.9 Å². The molecule has 4 nitrogen and oxygen atoms in total. The van der Waals surface area contributed by atoms with E-state index in [1.807, 2.05) is 12.3 Å². The van der Waals surface area contributed by atoms with E-state index >= 15 is 0 Å². The molecule has 0 amide bonds. The second-order valence-corrected chi connectivity index (χ2v) is 18.0. The van der Waals surface area contributed by atoms with Crippen LogP contribution in [0.2, 0.25) is 0 Å². The van der Waals surface area contributed by atoms with Crippen LogP contribution in [0.1, 0.15) is 83.6 Å². The largest absolute Gasteiger partial charge is 0.507 e. The first kappa shape index (κ1) is 38.6. The molecule has 58 heavy (non-hydrogen) atoms. The first-order valence-electron chi connectivity index (χ1n) is 20.4. The fourth-order valence-electron chi connectivity index (χ4n) is 7.91. The van der Waals surface area contributed by atoms with Gasteiger partial charge in [0.05, 0.1) is 28.0 Å². The van der Waals surface area contributed by atoms with E-state index in [2.05, 4.69) is 200 Å². The molecule has 0 bridgehead atoms. The lowest BCUT2D eigenvalue weighted by Gasteiger charge is -2.24. The topological polar surface area (TPSA) is 50.9 Å². The minimum atomic E-state index is -0.150. The number of hydrogen-bond donors (Lipinski definition) is 1. The van der Waals surface area contributed by atoms with Crippen molar-refractivity contribution in [2.24, 2.45) is 0 Å². The van der Waals surface area contributed by atoms with E-state index in [-0.39, 0.29) is 22.5 Å². The summed E-state index contributed by atoms with van der Waals surface area (Å²) in [6, 6.07) is 49.6. The van der Waals surface area contributed by atoms with Gasteiger partial charge < -0.3 is 5.11 Å². The summed E-state index contributed by atoms with van der Waals surface area (Å²) in [6.07, 6.45) is 1.91. The minimum absolute atomic E-state index is 0.112. The van der Waals surface area contributed by atoms with Gasteiger partial charge in [-0.1, -0.05) is 152 Å². The molecule has 0 aliphatic carbocycles. The molecular formula is C54H53N3O. The number of aromatic nitrogens is 3. The highest BCUT2D eigenvalue weighted by molar-refractivity contribution is 5.98. The molecule has 1 N–H and O–H groups in total. The van der Waals surface area contributed by atoms with Crippen LogP contribution in [-0.4, -0.2) is 19.6 Å². The first-order chi connectivity index (χ1) is 27.7. The fourth-order valence-corrected chi connectivity index (χ4v) is 7.91. The molecule has 0 saturated heterocycles. The summed E-state index contributed by atoms with van der Waals surface area (Å²) in [6.45, 7) is 19.9. The predicted octanol–water partition coefficient (Wildman–Crippen LogP) is 14.5. The molecule has 2 aromatic heterocycles. The lowest BCUT2D eigenvalue weighted by molar-refractivity contribution is 0.465. The Labute approximate surface area is 343 Å². The first-order valence-corrected chi connectivity index (χ1v) is 20.4. The number of phenolic OH excluding ortho intramolecular Hbond substituents is 1. The number of pyridine rings is 1. The molecule has 0 saturated carbocycles. The van der Waals surface area contributed by atoms with E-state index in [0.717, 1.165) is 78.0 Å². The Morgan fingerprint density at radius 1 is 0.552 bits per heavy atom. The molecule has 8 aromatic rings. The quantitative estimate of drug-likeness (QED) is 0.176. The number of para-hydroxylation sites is 1. The van der Waals surface area contributed by atoms with Gasteiger partial charge in [0.15, 0.2) is 0 Å². The second-order valence-electron chi connectivity index (χ2n) is 18.0. The van der Waals surface area contributed by atoms with Gasteiger partial charge in [-0.15, -0.1) is 0 Å². The van der Waals surface area contributed by atoms with Crippen molar-refractivity contribution in [2.45, 2.75) is 79.1 Å². The standard InChI is InChI=1S/C54H53N3O/c1-34(2)44-32-42(54(7,8)9)33-46(51(44)58)52-56-50-43(21-16-22-49(50)57(52)48-24-23-35(3)27-45(48)37-19-14-11-15-20-37)39-28-40(30-41(29-39)53(4,5)6)47-31-38(25-26-55-47)36-17-12-10-13-18-36/h10-34,58H,1-9H3. The van der Waals surface area contributed by atoms with Crippen LogP contribution in [0.4, 0.5) is 0 Å². The van der Waals surface area contributed by atoms with Gasteiger partial charge in [0.25, 0.3) is 0 Å². The van der Waals surface area contributed by atoms with E-state index < -0.39 is 0 Å². The average Bonchev–Trinajstić information content (AvgIpc) is 3.60. The van der Waals surface area contributed by atoms with Crippen LogP contribution < -0.4 is 0 Å². The maximum Gasteiger partial charge on any atom is 0.149 e. The van der Waals surface area contributed by atoms with Crippen molar-refractivity contribution in [2.75, 3.05) is 0 Å². The maximum atomic E-state index is 12.2. The zero-order valence-corrected chi connectivity index (χ0v) is 35.2. The smallest absolute Gasteiger partial charge is 0.149 e. The normalized spacial score (nSPS) is 12.1. The van der Waals surface area contributed by atoms with Crippen LogP contribution in [0.3, 0.4) is 0 Å². The Balaban J connectivity index is 1.44. The SMILES string of the molecule is Cc1ccc(-n2c(-c3cc(C(C)(C)C)cc(C(C)C)c3O)nc3c(-c4cc(-c5cc(-c6ccccc6)ccn5)cc(C(C)(C)C)c4)cccc32)c(-c2ccccc2)c1. The highest BCUT2D eigenvalue weighted by atomic mass is 16.3. The molecule has 0 atom stereocenters. The number of hydrogen-bond acceptors (Lipinski definition) is 3. The van der Waals surface area contributed by atoms with Gasteiger partial charge in [-0.05, 0) is 111 Å². The van der Waals surface area contributed by atoms with Crippen molar-refractivity contribution in [3.8, 4) is 67.5 Å². The Morgan fingerprint density at radius 2 is 1.21 bits per heavy atom. The minimum Gasteiger partial charge on any atom is -0.507 e. The molecule has 0 unspecified atom stereocenters. The number of phenols is 1. The van der Waals surface area contributed by atoms with Crippen LogP contribution in [0, 0.1) is 6.92 Å². The summed E-state index contributed by atoms with van der Waals surface area (Å²) in [5, 5.41) is 12.2. The number of nitrogens with zero attached hydrogens (tertiary/aromatic N) is 3. The molecule has 0 fully saturated rings. The van der Waals surface area contributed by atoms with Gasteiger partial charge in [-0.2, -0.15) is 0 Å². The summed E-state index contributed by atoms with van der Waals surface area (Å²) >= 11 is 0. The average molecular weight is 760 g/mol. The van der Waals surface area contributed by atoms with Gasteiger partial charge in [0.1, 0.15) is 11.6 Å². The molecule has 0 radical (unpaired) electrons. The molecule has 4 heteroatoms. The zero-order valence-electron chi connectivity index (χ0n) is 35.2. The summed E-state index contributed by atoms with van der Waals surface area (Å²) < 4.78 is 2.27. The van der Waals surface area contributed by atoms with Crippen LogP contribution in [0.15, 0.2) is 146 Å². The Hall–Kier alpha value is -6.26. The third-order valence-electron chi connectivity index (χ3n) is 11.3. The Kier molecular flexibility index (Phi) is 9.93. The van der Waals surface area contributed by atoms with Crippen molar-refractivity contribution in [3.63, 3.8) is 0 Å². The van der Waals surface area contributed by atoms with E-state index in [0.29, 0.717) is 5.82 Å². The number of fused-ring (bicyclic) bond motifs is 1. The number of rotatable bonds is 7. The van der Waals surface area contributed by atoms with Gasteiger partial charge in [0.2, 0.25) is 0 Å². The molecule has 8 rings (SSSR count). The van der Waals surface area contributed by atoms with Crippen LogP contribution >= 0.6 is 0 Å². The van der Waals surface area contributed by atoms with Crippen molar-refractivity contribution in [1.29, 1.82) is 0 Å². The van der Waals surface area contributed by atoms with Gasteiger partial charge in [-0.25, -0.2) is 4.98 Å². The molecule has 0 aliphatic rings. The van der Waals surface area contributed by atoms with E-state index in [1.54, 1.807) is 0 Å². The van der Waals surface area contributed by atoms with E-state index in [9.17, 15) is 5.11 Å². The summed E-state index contributed by atoms with van der Waals surface area (Å²) in [4.78, 5) is 10.5. The summed E-state index contributed by atoms with van der Waals surface area (Å²) in [5.74, 6) is 1.09. The van der Waals surface area contributed by atoms with Crippen molar-refractivity contribution < 1.29 is 5.11 Å². The number of aromatic hydroxyl groups is 1. The monoisotopic (exact) mass is 759 g/mol. The third kappa shape index (κ3) is 7.36. The van der Waals surface area contributed by atoms with Crippen molar-refractivity contribution in [3.05, 3.63) is 168 Å². The summed E-state index contributed by atoms with van der Waals surface area (Å²) in [5.41, 5.74) is 16.3. The predicted molar refractivity (Wildman–Crippen MR) is 244 cm³/mol.